The first-order chi connectivity index (χ1) is 11.3. The SMILES string of the molecule is CC(=O)Nc1cccc(NC(=O)C(=O)Nc2ccc(F)c(F)c2)c1. The standard InChI is InChI=1S/C16H13F2N3O3/c1-9(22)19-10-3-2-4-11(7-10)20-15(23)16(24)21-12-5-6-13(17)14(18)8-12/h2-8H,1H3,(H,19,22)(H,20,23)(H,21,24). The second kappa shape index (κ2) is 7.32. The molecule has 0 aliphatic heterocycles. The van der Waals surface area contributed by atoms with Gasteiger partial charge in [0.05, 0.1) is 0 Å². The fourth-order valence-corrected chi connectivity index (χ4v) is 1.83. The molecule has 6 nitrogen and oxygen atoms in total. The largest absolute Gasteiger partial charge is 0.326 e. The molecule has 2 aromatic rings. The second-order valence-electron chi connectivity index (χ2n) is 4.80. The maximum absolute atomic E-state index is 13.1. The lowest BCUT2D eigenvalue weighted by Gasteiger charge is -2.08. The summed E-state index contributed by atoms with van der Waals surface area (Å²) in [6.07, 6.45) is 0. The summed E-state index contributed by atoms with van der Waals surface area (Å²) in [6.45, 7) is 1.33. The first kappa shape index (κ1) is 17.1. The molecule has 0 saturated carbocycles. The van der Waals surface area contributed by atoms with Gasteiger partial charge in [-0.15, -0.1) is 0 Å². The summed E-state index contributed by atoms with van der Waals surface area (Å²) in [5.41, 5.74) is 0.675. The van der Waals surface area contributed by atoms with Crippen LogP contribution in [-0.4, -0.2) is 17.7 Å². The lowest BCUT2D eigenvalue weighted by molar-refractivity contribution is -0.133. The average molecular weight is 333 g/mol. The van der Waals surface area contributed by atoms with Crippen molar-refractivity contribution in [3.05, 3.63) is 54.1 Å². The molecule has 2 aromatic carbocycles. The van der Waals surface area contributed by atoms with Crippen LogP contribution in [0.15, 0.2) is 42.5 Å². The van der Waals surface area contributed by atoms with Crippen LogP contribution in [0.1, 0.15) is 6.92 Å². The first-order valence-electron chi connectivity index (χ1n) is 6.80. The highest BCUT2D eigenvalue weighted by Gasteiger charge is 2.15. The molecule has 0 radical (unpaired) electrons. The van der Waals surface area contributed by atoms with Crippen molar-refractivity contribution in [3.8, 4) is 0 Å². The Balaban J connectivity index is 2.02. The Morgan fingerprint density at radius 2 is 1.29 bits per heavy atom. The van der Waals surface area contributed by atoms with E-state index in [1.54, 1.807) is 12.1 Å². The summed E-state index contributed by atoms with van der Waals surface area (Å²) in [4.78, 5) is 34.6. The van der Waals surface area contributed by atoms with Gasteiger partial charge in [0.2, 0.25) is 5.91 Å². The van der Waals surface area contributed by atoms with Gasteiger partial charge >= 0.3 is 11.8 Å². The van der Waals surface area contributed by atoms with Crippen molar-refractivity contribution in [2.75, 3.05) is 16.0 Å². The monoisotopic (exact) mass is 333 g/mol. The summed E-state index contributed by atoms with van der Waals surface area (Å²) in [6, 6.07) is 8.89. The Hall–Kier alpha value is -3.29. The van der Waals surface area contributed by atoms with Crippen molar-refractivity contribution in [3.63, 3.8) is 0 Å². The molecule has 0 fully saturated rings. The van der Waals surface area contributed by atoms with Crippen molar-refractivity contribution >= 4 is 34.8 Å². The predicted molar refractivity (Wildman–Crippen MR) is 84.4 cm³/mol. The zero-order valence-electron chi connectivity index (χ0n) is 12.5. The third-order valence-electron chi connectivity index (χ3n) is 2.82. The summed E-state index contributed by atoms with van der Waals surface area (Å²) in [5.74, 6) is -4.54. The molecule has 0 atom stereocenters. The van der Waals surface area contributed by atoms with Crippen LogP contribution in [0.4, 0.5) is 25.8 Å². The highest BCUT2D eigenvalue weighted by molar-refractivity contribution is 6.43. The smallest absolute Gasteiger partial charge is 0.314 e. The molecule has 0 bridgehead atoms. The quantitative estimate of drug-likeness (QED) is 0.754. The molecule has 0 aliphatic carbocycles. The summed E-state index contributed by atoms with van der Waals surface area (Å²) in [7, 11) is 0. The van der Waals surface area contributed by atoms with E-state index in [1.165, 1.54) is 19.1 Å². The molecular formula is C16H13F2N3O3. The van der Waals surface area contributed by atoms with Crippen molar-refractivity contribution in [2.24, 2.45) is 0 Å². The third kappa shape index (κ3) is 4.60. The molecule has 124 valence electrons. The third-order valence-corrected chi connectivity index (χ3v) is 2.82. The van der Waals surface area contributed by atoms with E-state index in [1.807, 2.05) is 0 Å². The second-order valence-corrected chi connectivity index (χ2v) is 4.80. The van der Waals surface area contributed by atoms with E-state index in [-0.39, 0.29) is 17.3 Å². The number of nitrogens with one attached hydrogen (secondary N) is 3. The minimum Gasteiger partial charge on any atom is -0.326 e. The Morgan fingerprint density at radius 3 is 1.83 bits per heavy atom. The molecule has 2 rings (SSSR count). The van der Waals surface area contributed by atoms with Crippen LogP contribution >= 0.6 is 0 Å². The number of rotatable bonds is 3. The van der Waals surface area contributed by atoms with E-state index in [4.69, 9.17) is 0 Å². The molecule has 24 heavy (non-hydrogen) atoms. The minimum absolute atomic E-state index is 0.0546. The van der Waals surface area contributed by atoms with Crippen molar-refractivity contribution in [1.82, 2.24) is 0 Å². The minimum atomic E-state index is -1.14. The van der Waals surface area contributed by atoms with Crippen LogP contribution < -0.4 is 16.0 Å². The summed E-state index contributed by atoms with van der Waals surface area (Å²) < 4.78 is 25.9. The van der Waals surface area contributed by atoms with Crippen LogP contribution in [0.5, 0.6) is 0 Å². The Morgan fingerprint density at radius 1 is 0.750 bits per heavy atom. The lowest BCUT2D eigenvalue weighted by atomic mass is 10.2. The van der Waals surface area contributed by atoms with E-state index in [0.717, 1.165) is 18.2 Å². The van der Waals surface area contributed by atoms with Gasteiger partial charge in [0, 0.05) is 30.1 Å². The van der Waals surface area contributed by atoms with Crippen molar-refractivity contribution < 1.29 is 23.2 Å². The number of hydrogen-bond donors (Lipinski definition) is 3. The zero-order valence-corrected chi connectivity index (χ0v) is 12.5. The van der Waals surface area contributed by atoms with Crippen LogP contribution in [0, 0.1) is 11.6 Å². The molecule has 3 N–H and O–H groups in total. The van der Waals surface area contributed by atoms with Gasteiger partial charge in [-0.25, -0.2) is 8.78 Å². The van der Waals surface area contributed by atoms with Crippen molar-refractivity contribution in [2.45, 2.75) is 6.92 Å². The Kier molecular flexibility index (Phi) is 5.20. The maximum Gasteiger partial charge on any atom is 0.314 e. The number of hydrogen-bond acceptors (Lipinski definition) is 3. The highest BCUT2D eigenvalue weighted by atomic mass is 19.2. The van der Waals surface area contributed by atoms with Gasteiger partial charge in [0.15, 0.2) is 11.6 Å². The highest BCUT2D eigenvalue weighted by Crippen LogP contribution is 2.16. The predicted octanol–water partition coefficient (Wildman–Crippen LogP) is 2.50. The Bertz CT molecular complexity index is 809. The molecule has 0 aliphatic rings. The van der Waals surface area contributed by atoms with Crippen LogP contribution in [-0.2, 0) is 14.4 Å². The van der Waals surface area contributed by atoms with E-state index in [9.17, 15) is 23.2 Å². The van der Waals surface area contributed by atoms with E-state index < -0.39 is 23.4 Å². The van der Waals surface area contributed by atoms with E-state index in [0.29, 0.717) is 5.69 Å². The topological polar surface area (TPSA) is 87.3 Å². The van der Waals surface area contributed by atoms with Gasteiger partial charge in [-0.3, -0.25) is 14.4 Å². The molecule has 0 unspecified atom stereocenters. The van der Waals surface area contributed by atoms with Crippen LogP contribution in [0.25, 0.3) is 0 Å². The molecule has 0 aromatic heterocycles. The fraction of sp³-hybridized carbons (Fsp3) is 0.0625. The van der Waals surface area contributed by atoms with Gasteiger partial charge in [0.25, 0.3) is 0 Å². The normalized spacial score (nSPS) is 9.96. The molecule has 0 spiro atoms. The number of benzene rings is 2. The van der Waals surface area contributed by atoms with Crippen LogP contribution in [0.3, 0.4) is 0 Å². The summed E-state index contributed by atoms with van der Waals surface area (Å²) >= 11 is 0. The van der Waals surface area contributed by atoms with Gasteiger partial charge in [-0.05, 0) is 30.3 Å². The molecular weight excluding hydrogens is 320 g/mol. The van der Waals surface area contributed by atoms with E-state index >= 15 is 0 Å². The van der Waals surface area contributed by atoms with Gasteiger partial charge < -0.3 is 16.0 Å². The zero-order chi connectivity index (χ0) is 17.7. The fourth-order valence-electron chi connectivity index (χ4n) is 1.83. The number of anilines is 3. The number of halogens is 2. The number of amides is 3. The lowest BCUT2D eigenvalue weighted by Crippen LogP contribution is -2.29. The Labute approximate surface area is 135 Å². The molecule has 0 saturated heterocycles. The molecule has 0 heterocycles. The molecule has 8 heteroatoms. The maximum atomic E-state index is 13.1. The van der Waals surface area contributed by atoms with Crippen molar-refractivity contribution in [1.29, 1.82) is 0 Å². The number of carbonyl (C=O) groups is 3. The number of carbonyl (C=O) groups excluding carboxylic acids is 3. The van der Waals surface area contributed by atoms with E-state index in [2.05, 4.69) is 16.0 Å². The molecule has 3 amide bonds. The van der Waals surface area contributed by atoms with Gasteiger partial charge in [0.1, 0.15) is 0 Å². The van der Waals surface area contributed by atoms with Gasteiger partial charge in [-0.2, -0.15) is 0 Å². The van der Waals surface area contributed by atoms with Gasteiger partial charge in [-0.1, -0.05) is 6.07 Å². The average Bonchev–Trinajstić information content (AvgIpc) is 2.50. The summed E-state index contributed by atoms with van der Waals surface area (Å²) in [5, 5.41) is 7.01. The first-order valence-corrected chi connectivity index (χ1v) is 6.80. The van der Waals surface area contributed by atoms with Crippen LogP contribution in [0.2, 0.25) is 0 Å².